The third-order valence-corrected chi connectivity index (χ3v) is 5.84. The van der Waals surface area contributed by atoms with E-state index in [1.165, 1.54) is 18.5 Å². The number of halogens is 3. The van der Waals surface area contributed by atoms with Crippen LogP contribution in [0.25, 0.3) is 22.3 Å². The minimum absolute atomic E-state index is 0.0207. The van der Waals surface area contributed by atoms with Crippen LogP contribution in [0.5, 0.6) is 17.5 Å². The SMILES string of the molecule is COc1nc(NS(=O)(=O)c2c[nH]c3c(-c4ncccn4)c(F)ccc23)nc(OC)c1OC(F)F. The van der Waals surface area contributed by atoms with Crippen molar-refractivity contribution >= 4 is 26.9 Å². The first kappa shape index (κ1) is 23.0. The van der Waals surface area contributed by atoms with Crippen molar-refractivity contribution in [2.75, 3.05) is 18.9 Å². The zero-order valence-electron chi connectivity index (χ0n) is 17.4. The molecule has 0 amide bonds. The molecule has 0 saturated heterocycles. The van der Waals surface area contributed by atoms with Crippen molar-refractivity contribution in [1.82, 2.24) is 24.9 Å². The number of rotatable bonds is 8. The van der Waals surface area contributed by atoms with E-state index in [1.807, 2.05) is 0 Å². The Morgan fingerprint density at radius 1 is 1.06 bits per heavy atom. The Bertz CT molecular complexity index is 1420. The minimum Gasteiger partial charge on any atom is -0.478 e. The number of hydrogen-bond donors (Lipinski definition) is 2. The second-order valence-electron chi connectivity index (χ2n) is 6.45. The molecule has 4 rings (SSSR count). The quantitative estimate of drug-likeness (QED) is 0.377. The van der Waals surface area contributed by atoms with Crippen LogP contribution in [0.4, 0.5) is 19.1 Å². The van der Waals surface area contributed by atoms with Gasteiger partial charge in [0, 0.05) is 24.0 Å². The fraction of sp³-hybridized carbons (Fsp3) is 0.158. The van der Waals surface area contributed by atoms with E-state index in [9.17, 15) is 21.6 Å². The standard InChI is InChI=1S/C19H15F3N6O5S/c1-31-16-14(33-18(21)22)17(32-2)27-19(26-16)28-34(29,30)11-8-25-13-9(11)4-5-10(20)12(13)15-23-6-3-7-24-15/h3-8,18,25H,1-2H3,(H,26,27,28). The van der Waals surface area contributed by atoms with E-state index in [4.69, 9.17) is 9.47 Å². The Hall–Kier alpha value is -4.14. The van der Waals surface area contributed by atoms with Crippen LogP contribution < -0.4 is 18.9 Å². The van der Waals surface area contributed by atoms with Gasteiger partial charge in [0.25, 0.3) is 21.8 Å². The number of sulfonamides is 1. The number of methoxy groups -OCH3 is 2. The topological polar surface area (TPSA) is 141 Å². The molecule has 178 valence electrons. The molecule has 3 aromatic heterocycles. The average Bonchev–Trinajstić information content (AvgIpc) is 3.24. The van der Waals surface area contributed by atoms with E-state index in [0.29, 0.717) is 0 Å². The Morgan fingerprint density at radius 3 is 2.29 bits per heavy atom. The summed E-state index contributed by atoms with van der Waals surface area (Å²) in [5, 5.41) is 0.132. The van der Waals surface area contributed by atoms with E-state index in [1.54, 1.807) is 6.07 Å². The lowest BCUT2D eigenvalue weighted by atomic mass is 10.1. The fourth-order valence-corrected chi connectivity index (χ4v) is 4.23. The summed E-state index contributed by atoms with van der Waals surface area (Å²) >= 11 is 0. The van der Waals surface area contributed by atoms with Gasteiger partial charge in [0.05, 0.1) is 25.3 Å². The highest BCUT2D eigenvalue weighted by molar-refractivity contribution is 7.93. The summed E-state index contributed by atoms with van der Waals surface area (Å²) < 4.78 is 82.4. The van der Waals surface area contributed by atoms with Crippen molar-refractivity contribution in [2.24, 2.45) is 0 Å². The minimum atomic E-state index is -4.36. The maximum atomic E-state index is 14.6. The van der Waals surface area contributed by atoms with Gasteiger partial charge in [-0.05, 0) is 18.2 Å². The van der Waals surface area contributed by atoms with E-state index in [2.05, 4.69) is 34.4 Å². The smallest absolute Gasteiger partial charge is 0.387 e. The van der Waals surface area contributed by atoms with Crippen LogP contribution >= 0.6 is 0 Å². The van der Waals surface area contributed by atoms with Gasteiger partial charge in [-0.1, -0.05) is 0 Å². The van der Waals surface area contributed by atoms with Crippen LogP contribution in [-0.2, 0) is 10.0 Å². The summed E-state index contributed by atoms with van der Waals surface area (Å²) in [5.74, 6) is -2.75. The van der Waals surface area contributed by atoms with Crippen LogP contribution in [0, 0.1) is 5.82 Å². The largest absolute Gasteiger partial charge is 0.478 e. The molecule has 0 aliphatic carbocycles. The molecule has 2 N–H and O–H groups in total. The summed E-state index contributed by atoms with van der Waals surface area (Å²) in [4.78, 5) is 18.0. The Labute approximate surface area is 190 Å². The lowest BCUT2D eigenvalue weighted by molar-refractivity contribution is -0.0533. The summed E-state index contributed by atoms with van der Waals surface area (Å²) in [7, 11) is -2.14. The summed E-state index contributed by atoms with van der Waals surface area (Å²) in [5.41, 5.74) is 0.121. The number of aromatic nitrogens is 5. The Balaban J connectivity index is 1.77. The second-order valence-corrected chi connectivity index (χ2v) is 8.10. The van der Waals surface area contributed by atoms with Crippen molar-refractivity contribution in [3.63, 3.8) is 0 Å². The monoisotopic (exact) mass is 496 g/mol. The first-order chi connectivity index (χ1) is 16.2. The first-order valence-corrected chi connectivity index (χ1v) is 10.8. The summed E-state index contributed by atoms with van der Waals surface area (Å²) in [6, 6.07) is 3.90. The molecule has 11 nitrogen and oxygen atoms in total. The van der Waals surface area contributed by atoms with Gasteiger partial charge < -0.3 is 19.2 Å². The maximum Gasteiger partial charge on any atom is 0.387 e. The number of nitrogens with one attached hydrogen (secondary N) is 2. The fourth-order valence-electron chi connectivity index (χ4n) is 3.11. The highest BCUT2D eigenvalue weighted by Crippen LogP contribution is 2.37. The lowest BCUT2D eigenvalue weighted by Gasteiger charge is -2.14. The van der Waals surface area contributed by atoms with Gasteiger partial charge in [-0.25, -0.2) is 27.5 Å². The highest BCUT2D eigenvalue weighted by atomic mass is 32.2. The zero-order chi connectivity index (χ0) is 24.5. The molecule has 34 heavy (non-hydrogen) atoms. The molecular weight excluding hydrogens is 481 g/mol. The molecule has 0 atom stereocenters. The third-order valence-electron chi connectivity index (χ3n) is 4.47. The van der Waals surface area contributed by atoms with Crippen LogP contribution in [0.1, 0.15) is 0 Å². The van der Waals surface area contributed by atoms with Crippen molar-refractivity contribution in [3.8, 4) is 28.9 Å². The van der Waals surface area contributed by atoms with Crippen LogP contribution in [-0.4, -0.2) is 54.2 Å². The van der Waals surface area contributed by atoms with Gasteiger partial charge in [-0.3, -0.25) is 0 Å². The molecule has 3 heterocycles. The van der Waals surface area contributed by atoms with Crippen LogP contribution in [0.2, 0.25) is 0 Å². The van der Waals surface area contributed by atoms with Gasteiger partial charge in [0.2, 0.25) is 11.7 Å². The first-order valence-electron chi connectivity index (χ1n) is 9.29. The van der Waals surface area contributed by atoms with Crippen LogP contribution in [0.15, 0.2) is 41.7 Å². The maximum absolute atomic E-state index is 14.6. The van der Waals surface area contributed by atoms with E-state index < -0.39 is 45.9 Å². The number of nitrogens with zero attached hydrogens (tertiary/aromatic N) is 4. The molecule has 0 bridgehead atoms. The van der Waals surface area contributed by atoms with Crippen molar-refractivity contribution in [1.29, 1.82) is 0 Å². The molecule has 1 aromatic carbocycles. The number of anilines is 1. The average molecular weight is 496 g/mol. The normalized spacial score (nSPS) is 11.6. The number of fused-ring (bicyclic) bond motifs is 1. The van der Waals surface area contributed by atoms with Gasteiger partial charge in [0.1, 0.15) is 10.7 Å². The Morgan fingerprint density at radius 2 is 1.71 bits per heavy atom. The molecule has 0 aliphatic heterocycles. The molecule has 0 radical (unpaired) electrons. The van der Waals surface area contributed by atoms with Gasteiger partial charge in [-0.15, -0.1) is 0 Å². The molecular formula is C19H15F3N6O5S. The third kappa shape index (κ3) is 4.24. The number of benzene rings is 1. The number of H-pyrrole nitrogens is 1. The zero-order valence-corrected chi connectivity index (χ0v) is 18.2. The van der Waals surface area contributed by atoms with Gasteiger partial charge >= 0.3 is 6.61 Å². The molecule has 4 aromatic rings. The van der Waals surface area contributed by atoms with E-state index >= 15 is 0 Å². The number of aromatic amines is 1. The van der Waals surface area contributed by atoms with Crippen LogP contribution in [0.3, 0.4) is 0 Å². The second kappa shape index (κ2) is 9.01. The van der Waals surface area contributed by atoms with Gasteiger partial charge in [-0.2, -0.15) is 18.7 Å². The highest BCUT2D eigenvalue weighted by Gasteiger charge is 2.27. The van der Waals surface area contributed by atoms with Crippen molar-refractivity contribution < 1.29 is 35.8 Å². The van der Waals surface area contributed by atoms with Gasteiger partial charge in [0.15, 0.2) is 5.82 Å². The lowest BCUT2D eigenvalue weighted by Crippen LogP contribution is -2.16. The van der Waals surface area contributed by atoms with E-state index in [-0.39, 0.29) is 27.2 Å². The molecule has 0 spiro atoms. The molecule has 0 aliphatic rings. The van der Waals surface area contributed by atoms with Crippen molar-refractivity contribution in [2.45, 2.75) is 11.5 Å². The predicted molar refractivity (Wildman–Crippen MR) is 112 cm³/mol. The Kier molecular flexibility index (Phi) is 6.10. The number of alkyl halides is 2. The predicted octanol–water partition coefficient (Wildman–Crippen LogP) is 2.97. The van der Waals surface area contributed by atoms with Crippen molar-refractivity contribution in [3.05, 3.63) is 42.6 Å². The molecule has 0 saturated carbocycles. The molecule has 0 fully saturated rings. The summed E-state index contributed by atoms with van der Waals surface area (Å²) in [6.45, 7) is -3.23. The molecule has 0 unspecified atom stereocenters. The number of ether oxygens (including phenoxy) is 3. The van der Waals surface area contributed by atoms with E-state index in [0.717, 1.165) is 26.5 Å². The summed E-state index contributed by atoms with van der Waals surface area (Å²) in [6.07, 6.45) is 3.98. The number of hydrogen-bond acceptors (Lipinski definition) is 9. The molecule has 15 heteroatoms.